The van der Waals surface area contributed by atoms with Crippen LogP contribution in [0.2, 0.25) is 0 Å². The number of halogens is 1. The standard InChI is InChI=1S/C17H16FN3O/c18-14-6-2-4-8-16(14)21-11-13(17(22)20-10-9-19)12-5-1-3-7-15(12)21/h1-8,11H,9-10,19H2,(H,20,22). The number of amides is 1. The number of hydrogen-bond acceptors (Lipinski definition) is 2. The fourth-order valence-electron chi connectivity index (χ4n) is 2.49. The van der Waals surface area contributed by atoms with Gasteiger partial charge in [-0.3, -0.25) is 4.79 Å². The van der Waals surface area contributed by atoms with Crippen LogP contribution in [0.5, 0.6) is 0 Å². The molecule has 112 valence electrons. The molecule has 4 nitrogen and oxygen atoms in total. The minimum Gasteiger partial charge on any atom is -0.351 e. The predicted molar refractivity (Wildman–Crippen MR) is 84.6 cm³/mol. The molecule has 0 unspecified atom stereocenters. The largest absolute Gasteiger partial charge is 0.351 e. The Balaban J connectivity index is 2.17. The third kappa shape index (κ3) is 2.46. The maximum atomic E-state index is 14.1. The number of nitrogens with one attached hydrogen (secondary N) is 1. The van der Waals surface area contributed by atoms with E-state index in [9.17, 15) is 9.18 Å². The molecule has 0 radical (unpaired) electrons. The molecule has 3 N–H and O–H groups in total. The van der Waals surface area contributed by atoms with Crippen LogP contribution in [0.15, 0.2) is 54.7 Å². The average Bonchev–Trinajstić information content (AvgIpc) is 2.93. The van der Waals surface area contributed by atoms with Gasteiger partial charge in [-0.2, -0.15) is 0 Å². The maximum absolute atomic E-state index is 14.1. The maximum Gasteiger partial charge on any atom is 0.253 e. The van der Waals surface area contributed by atoms with E-state index in [0.717, 1.165) is 10.9 Å². The van der Waals surface area contributed by atoms with E-state index in [1.165, 1.54) is 6.07 Å². The summed E-state index contributed by atoms with van der Waals surface area (Å²) in [5.74, 6) is -0.547. The van der Waals surface area contributed by atoms with Crippen LogP contribution < -0.4 is 11.1 Å². The van der Waals surface area contributed by atoms with E-state index in [1.807, 2.05) is 24.3 Å². The van der Waals surface area contributed by atoms with Crippen molar-refractivity contribution in [2.24, 2.45) is 5.73 Å². The van der Waals surface area contributed by atoms with Gasteiger partial charge in [-0.1, -0.05) is 30.3 Å². The highest BCUT2D eigenvalue weighted by molar-refractivity contribution is 6.07. The van der Waals surface area contributed by atoms with Gasteiger partial charge in [0.05, 0.1) is 16.8 Å². The van der Waals surface area contributed by atoms with E-state index >= 15 is 0 Å². The molecule has 0 fully saturated rings. The number of aromatic nitrogens is 1. The Morgan fingerprint density at radius 3 is 2.64 bits per heavy atom. The Morgan fingerprint density at radius 2 is 1.86 bits per heavy atom. The highest BCUT2D eigenvalue weighted by atomic mass is 19.1. The second-order valence-electron chi connectivity index (χ2n) is 4.93. The van der Waals surface area contributed by atoms with Crippen molar-refractivity contribution in [1.82, 2.24) is 9.88 Å². The predicted octanol–water partition coefficient (Wildman–Crippen LogP) is 2.46. The quantitative estimate of drug-likeness (QED) is 0.777. The summed E-state index contributed by atoms with van der Waals surface area (Å²) in [6.45, 7) is 0.774. The fraction of sp³-hybridized carbons (Fsp3) is 0.118. The van der Waals surface area contributed by atoms with Crippen molar-refractivity contribution in [3.05, 3.63) is 66.1 Å². The normalized spacial score (nSPS) is 10.8. The molecule has 0 atom stereocenters. The summed E-state index contributed by atoms with van der Waals surface area (Å²) in [6.07, 6.45) is 1.66. The zero-order chi connectivity index (χ0) is 15.5. The molecule has 3 rings (SSSR count). The van der Waals surface area contributed by atoms with Gasteiger partial charge in [-0.25, -0.2) is 4.39 Å². The van der Waals surface area contributed by atoms with E-state index in [4.69, 9.17) is 5.73 Å². The van der Waals surface area contributed by atoms with Gasteiger partial charge in [0.2, 0.25) is 0 Å². The number of benzene rings is 2. The molecule has 22 heavy (non-hydrogen) atoms. The van der Waals surface area contributed by atoms with Crippen LogP contribution >= 0.6 is 0 Å². The topological polar surface area (TPSA) is 60.0 Å². The third-order valence-corrected chi connectivity index (χ3v) is 3.50. The number of para-hydroxylation sites is 2. The van der Waals surface area contributed by atoms with Crippen LogP contribution in [0.1, 0.15) is 10.4 Å². The molecule has 3 aromatic rings. The number of hydrogen-bond donors (Lipinski definition) is 2. The minimum atomic E-state index is -0.336. The zero-order valence-corrected chi connectivity index (χ0v) is 11.9. The number of fused-ring (bicyclic) bond motifs is 1. The minimum absolute atomic E-state index is 0.211. The molecule has 0 bridgehead atoms. The smallest absolute Gasteiger partial charge is 0.253 e. The van der Waals surface area contributed by atoms with Crippen molar-refractivity contribution in [2.45, 2.75) is 0 Å². The average molecular weight is 297 g/mol. The summed E-state index contributed by atoms with van der Waals surface area (Å²) < 4.78 is 15.8. The Labute approximate surface area is 127 Å². The van der Waals surface area contributed by atoms with Crippen molar-refractivity contribution in [1.29, 1.82) is 0 Å². The van der Waals surface area contributed by atoms with E-state index < -0.39 is 0 Å². The molecule has 5 heteroatoms. The first-order valence-corrected chi connectivity index (χ1v) is 7.05. The molecule has 0 aliphatic heterocycles. The molecule has 1 heterocycles. The Kier molecular flexibility index (Phi) is 3.89. The number of nitrogens with two attached hydrogens (primary N) is 1. The SMILES string of the molecule is NCCNC(=O)c1cn(-c2ccccc2F)c2ccccc12. The van der Waals surface area contributed by atoms with E-state index in [2.05, 4.69) is 5.32 Å². The number of rotatable bonds is 4. The highest BCUT2D eigenvalue weighted by Crippen LogP contribution is 2.26. The van der Waals surface area contributed by atoms with Crippen LogP contribution in [0.25, 0.3) is 16.6 Å². The van der Waals surface area contributed by atoms with Gasteiger partial charge in [-0.15, -0.1) is 0 Å². The van der Waals surface area contributed by atoms with Gasteiger partial charge in [0, 0.05) is 24.7 Å². The summed E-state index contributed by atoms with van der Waals surface area (Å²) in [4.78, 5) is 12.3. The van der Waals surface area contributed by atoms with E-state index in [1.54, 1.807) is 29.0 Å². The molecular weight excluding hydrogens is 281 g/mol. The van der Waals surface area contributed by atoms with Crippen LogP contribution in [0, 0.1) is 5.82 Å². The summed E-state index contributed by atoms with van der Waals surface area (Å²) in [7, 11) is 0. The van der Waals surface area contributed by atoms with Crippen LogP contribution in [0.4, 0.5) is 4.39 Å². The van der Waals surface area contributed by atoms with Gasteiger partial charge in [-0.05, 0) is 18.2 Å². The van der Waals surface area contributed by atoms with E-state index in [-0.39, 0.29) is 11.7 Å². The van der Waals surface area contributed by atoms with Gasteiger partial charge < -0.3 is 15.6 Å². The molecule has 1 aromatic heterocycles. The Bertz CT molecular complexity index is 826. The fourth-order valence-corrected chi connectivity index (χ4v) is 2.49. The van der Waals surface area contributed by atoms with E-state index in [0.29, 0.717) is 24.3 Å². The summed E-state index contributed by atoms with van der Waals surface area (Å²) in [6, 6.07) is 13.9. The van der Waals surface area contributed by atoms with Crippen LogP contribution in [0.3, 0.4) is 0 Å². The van der Waals surface area contributed by atoms with Crippen molar-refractivity contribution >= 4 is 16.8 Å². The lowest BCUT2D eigenvalue weighted by Gasteiger charge is -2.06. The Morgan fingerprint density at radius 1 is 1.14 bits per heavy atom. The third-order valence-electron chi connectivity index (χ3n) is 3.50. The van der Waals surface area contributed by atoms with Crippen molar-refractivity contribution < 1.29 is 9.18 Å². The van der Waals surface area contributed by atoms with Gasteiger partial charge >= 0.3 is 0 Å². The summed E-state index contributed by atoms with van der Waals surface area (Å²) in [5.41, 5.74) is 7.12. The first kappa shape index (κ1) is 14.3. The molecule has 0 saturated carbocycles. The van der Waals surface area contributed by atoms with Crippen molar-refractivity contribution in [2.75, 3.05) is 13.1 Å². The Hall–Kier alpha value is -2.66. The van der Waals surface area contributed by atoms with Crippen molar-refractivity contribution in [3.63, 3.8) is 0 Å². The zero-order valence-electron chi connectivity index (χ0n) is 11.9. The molecular formula is C17H16FN3O. The van der Waals surface area contributed by atoms with Crippen LogP contribution in [-0.4, -0.2) is 23.6 Å². The molecule has 2 aromatic carbocycles. The highest BCUT2D eigenvalue weighted by Gasteiger charge is 2.16. The first-order chi connectivity index (χ1) is 10.7. The molecule has 0 aliphatic rings. The monoisotopic (exact) mass is 297 g/mol. The molecule has 0 aliphatic carbocycles. The van der Waals surface area contributed by atoms with Gasteiger partial charge in [0.1, 0.15) is 5.82 Å². The van der Waals surface area contributed by atoms with Gasteiger partial charge in [0.25, 0.3) is 5.91 Å². The lowest BCUT2D eigenvalue weighted by atomic mass is 10.1. The van der Waals surface area contributed by atoms with Crippen molar-refractivity contribution in [3.8, 4) is 5.69 Å². The summed E-state index contributed by atoms with van der Waals surface area (Å²) >= 11 is 0. The van der Waals surface area contributed by atoms with Gasteiger partial charge in [0.15, 0.2) is 0 Å². The molecule has 1 amide bonds. The number of carbonyl (C=O) groups is 1. The first-order valence-electron chi connectivity index (χ1n) is 7.05. The molecule has 0 spiro atoms. The second kappa shape index (κ2) is 5.99. The lowest BCUT2D eigenvalue weighted by molar-refractivity contribution is 0.0956. The number of carbonyl (C=O) groups excluding carboxylic acids is 1. The number of nitrogens with zero attached hydrogens (tertiary/aromatic N) is 1. The second-order valence-corrected chi connectivity index (χ2v) is 4.93. The lowest BCUT2D eigenvalue weighted by Crippen LogP contribution is -2.28. The molecule has 0 saturated heterocycles. The van der Waals surface area contributed by atoms with Crippen LogP contribution in [-0.2, 0) is 0 Å². The summed E-state index contributed by atoms with van der Waals surface area (Å²) in [5, 5.41) is 3.53.